The molecule has 2 rings (SSSR count). The largest absolute Gasteiger partial charge is 0.341 e. The van der Waals surface area contributed by atoms with E-state index >= 15 is 0 Å². The van der Waals surface area contributed by atoms with E-state index in [0.717, 1.165) is 28.1 Å². The Bertz CT molecular complexity index is 514. The molecule has 2 N–H and O–H groups in total. The minimum absolute atomic E-state index is 0.425. The lowest BCUT2D eigenvalue weighted by Gasteiger charge is -2.03. The van der Waals surface area contributed by atoms with E-state index in [1.54, 1.807) is 0 Å². The van der Waals surface area contributed by atoms with Crippen LogP contribution in [0, 0.1) is 0 Å². The first-order valence-corrected chi connectivity index (χ1v) is 6.90. The van der Waals surface area contributed by atoms with Crippen molar-refractivity contribution in [1.82, 2.24) is 15.3 Å². The zero-order valence-corrected chi connectivity index (χ0v) is 12.5. The van der Waals surface area contributed by atoms with Crippen molar-refractivity contribution in [3.8, 4) is 11.4 Å². The molecule has 0 saturated heterocycles. The topological polar surface area (TPSA) is 40.7 Å². The molecule has 0 saturated carbocycles. The molecule has 1 aromatic heterocycles. The van der Waals surface area contributed by atoms with Crippen LogP contribution in [0.1, 0.15) is 31.2 Å². The van der Waals surface area contributed by atoms with Crippen LogP contribution in [0.3, 0.4) is 0 Å². The van der Waals surface area contributed by atoms with Gasteiger partial charge in [0.1, 0.15) is 5.82 Å². The maximum absolute atomic E-state index is 4.72. The summed E-state index contributed by atoms with van der Waals surface area (Å²) in [4.78, 5) is 8.13. The fourth-order valence-electron chi connectivity index (χ4n) is 1.96. The van der Waals surface area contributed by atoms with E-state index < -0.39 is 0 Å². The number of imidazole rings is 1. The summed E-state index contributed by atoms with van der Waals surface area (Å²) >= 11 is 3.45. The monoisotopic (exact) mass is 307 g/mol. The zero-order valence-electron chi connectivity index (χ0n) is 10.9. The van der Waals surface area contributed by atoms with E-state index in [0.29, 0.717) is 5.92 Å². The van der Waals surface area contributed by atoms with Gasteiger partial charge in [-0.05, 0) is 25.1 Å². The van der Waals surface area contributed by atoms with Crippen molar-refractivity contribution < 1.29 is 0 Å². The molecule has 0 radical (unpaired) electrons. The molecule has 0 aliphatic rings. The highest BCUT2D eigenvalue weighted by molar-refractivity contribution is 9.10. The van der Waals surface area contributed by atoms with E-state index in [1.807, 2.05) is 19.2 Å². The molecule has 0 fully saturated rings. The average Bonchev–Trinajstić information content (AvgIpc) is 2.75. The molecule has 0 atom stereocenters. The van der Waals surface area contributed by atoms with E-state index in [9.17, 15) is 0 Å². The summed E-state index contributed by atoms with van der Waals surface area (Å²) in [6.45, 7) is 5.15. The summed E-state index contributed by atoms with van der Waals surface area (Å²) < 4.78 is 1.08. The smallest absolute Gasteiger partial charge is 0.137 e. The van der Waals surface area contributed by atoms with Crippen molar-refractivity contribution in [2.45, 2.75) is 26.3 Å². The Morgan fingerprint density at radius 2 is 1.94 bits per heavy atom. The van der Waals surface area contributed by atoms with Gasteiger partial charge < -0.3 is 10.3 Å². The molecule has 1 heterocycles. The lowest BCUT2D eigenvalue weighted by atomic mass is 10.1. The molecule has 0 spiro atoms. The molecule has 1 aromatic carbocycles. The van der Waals surface area contributed by atoms with Crippen LogP contribution in [-0.2, 0) is 6.54 Å². The summed E-state index contributed by atoms with van der Waals surface area (Å²) in [5, 5.41) is 3.17. The van der Waals surface area contributed by atoms with E-state index in [-0.39, 0.29) is 0 Å². The maximum Gasteiger partial charge on any atom is 0.137 e. The highest BCUT2D eigenvalue weighted by atomic mass is 79.9. The second-order valence-corrected chi connectivity index (χ2v) is 5.56. The molecule has 0 aliphatic heterocycles. The molecular formula is C14H18BrN3. The maximum atomic E-state index is 4.72. The third-order valence-electron chi connectivity index (χ3n) is 2.83. The van der Waals surface area contributed by atoms with Gasteiger partial charge in [0.15, 0.2) is 0 Å². The quantitative estimate of drug-likeness (QED) is 0.904. The first-order chi connectivity index (χ1) is 8.61. The Morgan fingerprint density at radius 1 is 1.28 bits per heavy atom. The third-order valence-corrected chi connectivity index (χ3v) is 3.36. The van der Waals surface area contributed by atoms with Gasteiger partial charge in [-0.25, -0.2) is 4.98 Å². The number of hydrogen-bond donors (Lipinski definition) is 2. The summed E-state index contributed by atoms with van der Waals surface area (Å²) in [7, 11) is 1.95. The van der Waals surface area contributed by atoms with Gasteiger partial charge in [-0.1, -0.05) is 41.9 Å². The minimum atomic E-state index is 0.425. The Morgan fingerprint density at radius 3 is 2.50 bits per heavy atom. The van der Waals surface area contributed by atoms with Gasteiger partial charge in [-0.3, -0.25) is 0 Å². The van der Waals surface area contributed by atoms with Gasteiger partial charge in [0.2, 0.25) is 0 Å². The van der Waals surface area contributed by atoms with Gasteiger partial charge in [0.05, 0.1) is 11.4 Å². The van der Waals surface area contributed by atoms with Crippen LogP contribution >= 0.6 is 15.9 Å². The van der Waals surface area contributed by atoms with Crippen molar-refractivity contribution in [3.63, 3.8) is 0 Å². The summed E-state index contributed by atoms with van der Waals surface area (Å²) in [6, 6.07) is 8.20. The Balaban J connectivity index is 2.39. The summed E-state index contributed by atoms with van der Waals surface area (Å²) in [6.07, 6.45) is 0. The third kappa shape index (κ3) is 2.82. The second-order valence-electron chi connectivity index (χ2n) is 4.64. The number of benzene rings is 1. The number of aromatic amines is 1. The van der Waals surface area contributed by atoms with Crippen LogP contribution in [0.2, 0.25) is 0 Å². The van der Waals surface area contributed by atoms with Gasteiger partial charge in [-0.15, -0.1) is 0 Å². The van der Waals surface area contributed by atoms with Crippen LogP contribution in [-0.4, -0.2) is 17.0 Å². The lowest BCUT2D eigenvalue weighted by Crippen LogP contribution is -2.08. The van der Waals surface area contributed by atoms with Crippen molar-refractivity contribution >= 4 is 15.9 Å². The molecule has 0 bridgehead atoms. The van der Waals surface area contributed by atoms with Crippen LogP contribution in [0.4, 0.5) is 0 Å². The first kappa shape index (κ1) is 13.3. The van der Waals surface area contributed by atoms with E-state index in [1.165, 1.54) is 5.69 Å². The number of hydrogen-bond acceptors (Lipinski definition) is 2. The van der Waals surface area contributed by atoms with Gasteiger partial charge >= 0.3 is 0 Å². The predicted molar refractivity (Wildman–Crippen MR) is 78.6 cm³/mol. The Hall–Kier alpha value is -1.13. The molecule has 3 nitrogen and oxygen atoms in total. The standard InChI is InChI=1S/C14H18BrN3/c1-9(2)13-12(8-16-3)17-14(18-13)10-4-6-11(15)7-5-10/h4-7,9,16H,8H2,1-3H3,(H,17,18). The molecular weight excluding hydrogens is 290 g/mol. The van der Waals surface area contributed by atoms with Gasteiger partial charge in [0, 0.05) is 16.6 Å². The number of nitrogens with one attached hydrogen (secondary N) is 2. The molecule has 0 unspecified atom stereocenters. The predicted octanol–water partition coefficient (Wildman–Crippen LogP) is 3.68. The number of aromatic nitrogens is 2. The summed E-state index contributed by atoms with van der Waals surface area (Å²) in [5.74, 6) is 1.37. The minimum Gasteiger partial charge on any atom is -0.341 e. The summed E-state index contributed by atoms with van der Waals surface area (Å²) in [5.41, 5.74) is 3.43. The zero-order chi connectivity index (χ0) is 13.1. The van der Waals surface area contributed by atoms with Crippen LogP contribution in [0.15, 0.2) is 28.7 Å². The molecule has 96 valence electrons. The average molecular weight is 308 g/mol. The number of nitrogens with zero attached hydrogens (tertiary/aromatic N) is 1. The first-order valence-electron chi connectivity index (χ1n) is 6.11. The lowest BCUT2D eigenvalue weighted by molar-refractivity contribution is 0.750. The second kappa shape index (κ2) is 5.67. The molecule has 18 heavy (non-hydrogen) atoms. The van der Waals surface area contributed by atoms with Crippen LogP contribution < -0.4 is 5.32 Å². The number of rotatable bonds is 4. The molecule has 2 aromatic rings. The number of halogens is 1. The van der Waals surface area contributed by atoms with Crippen molar-refractivity contribution in [2.75, 3.05) is 7.05 Å². The Labute approximate surface area is 116 Å². The highest BCUT2D eigenvalue weighted by Gasteiger charge is 2.13. The van der Waals surface area contributed by atoms with Crippen LogP contribution in [0.25, 0.3) is 11.4 Å². The normalized spacial score (nSPS) is 11.2. The van der Waals surface area contributed by atoms with Crippen molar-refractivity contribution in [1.29, 1.82) is 0 Å². The van der Waals surface area contributed by atoms with Crippen molar-refractivity contribution in [3.05, 3.63) is 40.1 Å². The van der Waals surface area contributed by atoms with Crippen molar-refractivity contribution in [2.24, 2.45) is 0 Å². The van der Waals surface area contributed by atoms with E-state index in [2.05, 4.69) is 52.2 Å². The fourth-order valence-corrected chi connectivity index (χ4v) is 2.22. The fraction of sp³-hybridized carbons (Fsp3) is 0.357. The van der Waals surface area contributed by atoms with Crippen LogP contribution in [0.5, 0.6) is 0 Å². The molecule has 0 aliphatic carbocycles. The van der Waals surface area contributed by atoms with E-state index in [4.69, 9.17) is 4.98 Å². The SMILES string of the molecule is CNCc1[nH]c(-c2ccc(Br)cc2)nc1C(C)C. The highest BCUT2D eigenvalue weighted by Crippen LogP contribution is 2.24. The number of H-pyrrole nitrogens is 1. The molecule has 0 amide bonds. The van der Waals surface area contributed by atoms with Gasteiger partial charge in [-0.2, -0.15) is 0 Å². The van der Waals surface area contributed by atoms with Gasteiger partial charge in [0.25, 0.3) is 0 Å². The Kier molecular flexibility index (Phi) is 4.19. The molecule has 4 heteroatoms.